The van der Waals surface area contributed by atoms with Gasteiger partial charge >= 0.3 is 0 Å². The van der Waals surface area contributed by atoms with Gasteiger partial charge < -0.3 is 20.1 Å². The van der Waals surface area contributed by atoms with Crippen LogP contribution in [0.4, 0.5) is 11.4 Å². The summed E-state index contributed by atoms with van der Waals surface area (Å²) in [5.41, 5.74) is 2.73. The Hall–Kier alpha value is -3.25. The monoisotopic (exact) mass is 395 g/mol. The Morgan fingerprint density at radius 2 is 1.79 bits per heavy atom. The lowest BCUT2D eigenvalue weighted by Gasteiger charge is -2.19. The van der Waals surface area contributed by atoms with Crippen molar-refractivity contribution in [2.24, 2.45) is 0 Å². The Labute approximate surface area is 167 Å². The molecule has 142 valence electrons. The number of rotatable bonds is 5. The molecule has 28 heavy (non-hydrogen) atoms. The van der Waals surface area contributed by atoms with Crippen molar-refractivity contribution >= 4 is 28.9 Å². The predicted molar refractivity (Wildman–Crippen MR) is 108 cm³/mol. The second kappa shape index (κ2) is 8.19. The number of hydrogen-bond donors (Lipinski definition) is 2. The van der Waals surface area contributed by atoms with E-state index in [-0.39, 0.29) is 5.91 Å². The number of carbonyl (C=O) groups is 1. The first-order valence-corrected chi connectivity index (χ1v) is 9.21. The highest BCUT2D eigenvalue weighted by Crippen LogP contribution is 2.32. The van der Waals surface area contributed by atoms with E-state index in [2.05, 4.69) is 15.6 Å². The summed E-state index contributed by atoms with van der Waals surface area (Å²) in [4.78, 5) is 16.7. The molecule has 3 aromatic rings. The van der Waals surface area contributed by atoms with Crippen molar-refractivity contribution in [2.45, 2.75) is 6.54 Å². The predicted octanol–water partition coefficient (Wildman–Crippen LogP) is 4.37. The van der Waals surface area contributed by atoms with Crippen LogP contribution in [0, 0.1) is 0 Å². The summed E-state index contributed by atoms with van der Waals surface area (Å²) in [6.45, 7) is 1.60. The fraction of sp³-hybridized carbons (Fsp3) is 0.143. The second-order valence-electron chi connectivity index (χ2n) is 6.19. The van der Waals surface area contributed by atoms with E-state index in [0.717, 1.165) is 11.3 Å². The first-order valence-electron chi connectivity index (χ1n) is 8.83. The fourth-order valence-electron chi connectivity index (χ4n) is 2.79. The van der Waals surface area contributed by atoms with Gasteiger partial charge in [-0.2, -0.15) is 0 Å². The highest BCUT2D eigenvalue weighted by Gasteiger charge is 2.14. The van der Waals surface area contributed by atoms with Gasteiger partial charge in [0.15, 0.2) is 11.5 Å². The number of benzene rings is 2. The summed E-state index contributed by atoms with van der Waals surface area (Å²) in [6, 6.07) is 16.4. The second-order valence-corrected chi connectivity index (χ2v) is 6.60. The molecule has 2 heterocycles. The summed E-state index contributed by atoms with van der Waals surface area (Å²) in [6.07, 6.45) is 1.62. The number of amides is 1. The lowest BCUT2D eigenvalue weighted by atomic mass is 10.2. The first-order chi connectivity index (χ1) is 13.7. The zero-order chi connectivity index (χ0) is 19.3. The summed E-state index contributed by atoms with van der Waals surface area (Å²) in [5.74, 6) is 1.00. The van der Waals surface area contributed by atoms with Crippen LogP contribution in [0.5, 0.6) is 11.5 Å². The molecule has 1 amide bonds. The number of nitrogens with one attached hydrogen (secondary N) is 2. The molecule has 0 saturated heterocycles. The smallest absolute Gasteiger partial charge is 0.274 e. The van der Waals surface area contributed by atoms with Gasteiger partial charge in [-0.25, -0.2) is 4.98 Å². The Morgan fingerprint density at radius 1 is 1.00 bits per heavy atom. The van der Waals surface area contributed by atoms with Crippen molar-refractivity contribution in [2.75, 3.05) is 23.8 Å². The summed E-state index contributed by atoms with van der Waals surface area (Å²) in [5, 5.41) is 6.77. The van der Waals surface area contributed by atoms with Crippen molar-refractivity contribution < 1.29 is 14.3 Å². The number of ether oxygens (including phenoxy) is 2. The van der Waals surface area contributed by atoms with E-state index in [1.807, 2.05) is 30.3 Å². The van der Waals surface area contributed by atoms with E-state index >= 15 is 0 Å². The molecule has 6 nitrogen and oxygen atoms in total. The van der Waals surface area contributed by atoms with Gasteiger partial charge in [0.1, 0.15) is 18.9 Å². The van der Waals surface area contributed by atoms with Gasteiger partial charge in [-0.05, 0) is 35.9 Å². The summed E-state index contributed by atoms with van der Waals surface area (Å²) < 4.78 is 11.0. The van der Waals surface area contributed by atoms with E-state index in [9.17, 15) is 4.79 Å². The van der Waals surface area contributed by atoms with E-state index < -0.39 is 0 Å². The van der Waals surface area contributed by atoms with Crippen molar-refractivity contribution in [1.29, 1.82) is 0 Å². The number of halogens is 1. The highest BCUT2D eigenvalue weighted by atomic mass is 35.5. The number of aromatic nitrogens is 1. The molecular formula is C21H18ClN3O3. The Morgan fingerprint density at radius 3 is 2.57 bits per heavy atom. The maximum atomic E-state index is 12.4. The minimum atomic E-state index is -0.297. The molecule has 2 aromatic carbocycles. The SMILES string of the molecule is O=C(Nc1ccc2c(c1)OCCO2)c1ccc(NCc2ccccc2Cl)cn1. The van der Waals surface area contributed by atoms with Crippen LogP contribution < -0.4 is 20.1 Å². The molecule has 0 unspecified atom stereocenters. The third-order valence-electron chi connectivity index (χ3n) is 4.24. The molecule has 0 radical (unpaired) electrons. The maximum Gasteiger partial charge on any atom is 0.274 e. The van der Waals surface area contributed by atoms with Crippen molar-refractivity contribution in [3.05, 3.63) is 77.1 Å². The van der Waals surface area contributed by atoms with Crippen LogP contribution in [0.1, 0.15) is 16.1 Å². The van der Waals surface area contributed by atoms with Gasteiger partial charge in [0.25, 0.3) is 5.91 Å². The standard InChI is InChI=1S/C21H18ClN3O3/c22-17-4-2-1-3-14(17)12-23-16-5-7-18(24-13-16)21(26)25-15-6-8-19-20(11-15)28-10-9-27-19/h1-8,11,13,23H,9-10,12H2,(H,25,26). The molecule has 0 fully saturated rings. The van der Waals surface area contributed by atoms with Crippen LogP contribution in [0.3, 0.4) is 0 Å². The van der Waals surface area contributed by atoms with Crippen LogP contribution in [-0.2, 0) is 6.54 Å². The lowest BCUT2D eigenvalue weighted by molar-refractivity contribution is 0.102. The number of anilines is 2. The van der Waals surface area contributed by atoms with Crippen molar-refractivity contribution in [3.63, 3.8) is 0 Å². The van der Waals surface area contributed by atoms with Crippen molar-refractivity contribution in [1.82, 2.24) is 4.98 Å². The van der Waals surface area contributed by atoms with Crippen LogP contribution in [-0.4, -0.2) is 24.1 Å². The Kier molecular flexibility index (Phi) is 5.30. The molecule has 0 spiro atoms. The third kappa shape index (κ3) is 4.18. The van der Waals surface area contributed by atoms with Crippen LogP contribution in [0.15, 0.2) is 60.8 Å². The summed E-state index contributed by atoms with van der Waals surface area (Å²) in [7, 11) is 0. The Balaban J connectivity index is 1.38. The minimum absolute atomic E-state index is 0.297. The molecule has 1 aliphatic rings. The zero-order valence-corrected chi connectivity index (χ0v) is 15.7. The normalized spacial score (nSPS) is 12.3. The van der Waals surface area contributed by atoms with Crippen LogP contribution >= 0.6 is 11.6 Å². The van der Waals surface area contributed by atoms with Crippen LogP contribution in [0.25, 0.3) is 0 Å². The van der Waals surface area contributed by atoms with Crippen molar-refractivity contribution in [3.8, 4) is 11.5 Å². The lowest BCUT2D eigenvalue weighted by Crippen LogP contribution is -2.17. The van der Waals surface area contributed by atoms with Gasteiger partial charge in [-0.1, -0.05) is 29.8 Å². The molecule has 0 saturated carbocycles. The molecule has 4 rings (SSSR count). The molecule has 0 atom stereocenters. The van der Waals surface area contributed by atoms with Gasteiger partial charge in [0.05, 0.1) is 11.9 Å². The molecule has 0 bridgehead atoms. The average molecular weight is 396 g/mol. The third-order valence-corrected chi connectivity index (χ3v) is 4.61. The molecule has 1 aromatic heterocycles. The van der Waals surface area contributed by atoms with Gasteiger partial charge in [0.2, 0.25) is 0 Å². The van der Waals surface area contributed by atoms with Crippen LogP contribution in [0.2, 0.25) is 5.02 Å². The molecule has 0 aliphatic carbocycles. The zero-order valence-electron chi connectivity index (χ0n) is 14.9. The summed E-state index contributed by atoms with van der Waals surface area (Å²) >= 11 is 6.15. The molecule has 1 aliphatic heterocycles. The Bertz CT molecular complexity index is 992. The number of hydrogen-bond acceptors (Lipinski definition) is 5. The van der Waals surface area contributed by atoms with E-state index in [1.54, 1.807) is 30.5 Å². The number of carbonyl (C=O) groups excluding carboxylic acids is 1. The first kappa shape index (κ1) is 18.1. The highest BCUT2D eigenvalue weighted by molar-refractivity contribution is 6.31. The van der Waals surface area contributed by atoms with E-state index in [0.29, 0.717) is 47.7 Å². The van der Waals surface area contributed by atoms with E-state index in [4.69, 9.17) is 21.1 Å². The fourth-order valence-corrected chi connectivity index (χ4v) is 2.99. The minimum Gasteiger partial charge on any atom is -0.486 e. The number of fused-ring (bicyclic) bond motifs is 1. The average Bonchev–Trinajstić information content (AvgIpc) is 2.73. The molecular weight excluding hydrogens is 378 g/mol. The molecule has 7 heteroatoms. The number of nitrogens with zero attached hydrogens (tertiary/aromatic N) is 1. The maximum absolute atomic E-state index is 12.4. The topological polar surface area (TPSA) is 72.5 Å². The number of pyridine rings is 1. The van der Waals surface area contributed by atoms with Gasteiger partial charge in [-0.3, -0.25) is 4.79 Å². The van der Waals surface area contributed by atoms with Gasteiger partial charge in [0, 0.05) is 23.3 Å². The molecule has 2 N–H and O–H groups in total. The van der Waals surface area contributed by atoms with E-state index in [1.165, 1.54) is 0 Å². The quantitative estimate of drug-likeness (QED) is 0.671. The van der Waals surface area contributed by atoms with Gasteiger partial charge in [-0.15, -0.1) is 0 Å². The largest absolute Gasteiger partial charge is 0.486 e.